The van der Waals surface area contributed by atoms with E-state index in [1.165, 1.54) is 35.0 Å². The number of carbonyl (C=O) groups is 2. The van der Waals surface area contributed by atoms with E-state index in [2.05, 4.69) is 4.98 Å². The molecule has 1 aliphatic rings. The summed E-state index contributed by atoms with van der Waals surface area (Å²) < 4.78 is 18.2. The van der Waals surface area contributed by atoms with Gasteiger partial charge in [0.2, 0.25) is 0 Å². The van der Waals surface area contributed by atoms with Crippen LogP contribution in [0.4, 0.5) is 0 Å². The first-order chi connectivity index (χ1) is 16.7. The molecule has 9 nitrogen and oxygen atoms in total. The second kappa shape index (κ2) is 10.5. The summed E-state index contributed by atoms with van der Waals surface area (Å²) in [5.74, 6) is -1.25. The van der Waals surface area contributed by atoms with E-state index in [1.807, 2.05) is 0 Å². The highest BCUT2D eigenvalue weighted by atomic mass is 35.5. The third kappa shape index (κ3) is 5.82. The minimum absolute atomic E-state index is 0.0912. The van der Waals surface area contributed by atoms with Crippen molar-refractivity contribution in [3.8, 4) is 0 Å². The van der Waals surface area contributed by atoms with Crippen molar-refractivity contribution in [2.75, 3.05) is 6.61 Å². The number of rotatable bonds is 6. The second-order valence-corrected chi connectivity index (χ2v) is 8.77. The van der Waals surface area contributed by atoms with E-state index in [4.69, 9.17) is 37.4 Å². The first-order valence-corrected chi connectivity index (χ1v) is 11.3. The van der Waals surface area contributed by atoms with E-state index in [-0.39, 0.29) is 24.2 Å². The average molecular weight is 519 g/mol. The summed E-state index contributed by atoms with van der Waals surface area (Å²) in [7, 11) is 0. The van der Waals surface area contributed by atoms with Crippen molar-refractivity contribution in [2.45, 2.75) is 31.8 Å². The number of hydrogen-bond donors (Lipinski definition) is 1. The highest BCUT2D eigenvalue weighted by molar-refractivity contribution is 6.31. The molecule has 11 heteroatoms. The summed E-state index contributed by atoms with van der Waals surface area (Å²) in [5.41, 5.74) is -0.325. The van der Waals surface area contributed by atoms with Crippen molar-refractivity contribution in [3.05, 3.63) is 102 Å². The van der Waals surface area contributed by atoms with E-state index in [0.29, 0.717) is 15.6 Å². The molecule has 4 rings (SSSR count). The normalized spacial score (nSPS) is 19.3. The van der Waals surface area contributed by atoms with Gasteiger partial charge in [0.15, 0.2) is 0 Å². The second-order valence-electron chi connectivity index (χ2n) is 7.90. The Morgan fingerprint density at radius 3 is 2.17 bits per heavy atom. The Hall–Kier alpha value is -3.40. The van der Waals surface area contributed by atoms with E-state index >= 15 is 0 Å². The lowest BCUT2D eigenvalue weighted by Gasteiger charge is -2.19. The topological polar surface area (TPSA) is 117 Å². The van der Waals surface area contributed by atoms with E-state index in [1.54, 1.807) is 31.2 Å². The Morgan fingerprint density at radius 2 is 1.57 bits per heavy atom. The number of nitrogens with one attached hydrogen (secondary N) is 1. The molecule has 0 unspecified atom stereocenters. The maximum absolute atomic E-state index is 12.7. The number of aromatic amines is 1. The van der Waals surface area contributed by atoms with Gasteiger partial charge in [-0.1, -0.05) is 23.2 Å². The summed E-state index contributed by atoms with van der Waals surface area (Å²) in [6.45, 7) is 1.31. The highest BCUT2D eigenvalue weighted by Crippen LogP contribution is 2.31. The molecule has 3 aromatic rings. The maximum Gasteiger partial charge on any atom is 0.338 e. The summed E-state index contributed by atoms with van der Waals surface area (Å²) in [6.07, 6.45) is -1.12. The van der Waals surface area contributed by atoms with Gasteiger partial charge < -0.3 is 14.2 Å². The molecule has 1 N–H and O–H groups in total. The third-order valence-corrected chi connectivity index (χ3v) is 5.94. The van der Waals surface area contributed by atoms with Crippen molar-refractivity contribution in [2.24, 2.45) is 0 Å². The van der Waals surface area contributed by atoms with E-state index in [0.717, 1.165) is 0 Å². The fourth-order valence-electron chi connectivity index (χ4n) is 3.56. The zero-order valence-electron chi connectivity index (χ0n) is 18.4. The molecule has 1 fully saturated rings. The molecule has 1 aromatic heterocycles. The van der Waals surface area contributed by atoms with Crippen molar-refractivity contribution in [3.63, 3.8) is 0 Å². The number of hydrogen-bond acceptors (Lipinski definition) is 7. The molecule has 182 valence electrons. The van der Waals surface area contributed by atoms with Crippen molar-refractivity contribution in [1.29, 1.82) is 0 Å². The molecule has 35 heavy (non-hydrogen) atoms. The van der Waals surface area contributed by atoms with Crippen molar-refractivity contribution >= 4 is 35.1 Å². The molecule has 0 spiro atoms. The van der Waals surface area contributed by atoms with Gasteiger partial charge in [0.25, 0.3) is 5.56 Å². The number of H-pyrrole nitrogens is 1. The number of carbonyl (C=O) groups excluding carboxylic acids is 2. The molecule has 2 heterocycles. The predicted octanol–water partition coefficient (Wildman–Crippen LogP) is 3.52. The van der Waals surface area contributed by atoms with E-state index < -0.39 is 41.6 Å². The fraction of sp³-hybridized carbons (Fsp3) is 0.250. The van der Waals surface area contributed by atoms with Crippen LogP contribution < -0.4 is 11.2 Å². The van der Waals surface area contributed by atoms with Gasteiger partial charge in [0.05, 0.1) is 11.1 Å². The molecule has 0 bridgehead atoms. The van der Waals surface area contributed by atoms with Gasteiger partial charge in [-0.05, 0) is 55.5 Å². The van der Waals surface area contributed by atoms with Crippen LogP contribution in [0.25, 0.3) is 0 Å². The third-order valence-electron chi connectivity index (χ3n) is 5.43. The predicted molar refractivity (Wildman–Crippen MR) is 127 cm³/mol. The molecule has 0 radical (unpaired) electrons. The SMILES string of the molecule is Cc1cn([C@@H]2C[C@H](OC(=O)c3ccc(Cl)cc3)[C@@H](COC(=O)c3ccc(Cl)cc3)O2)c(=O)[nH]c1=O. The number of nitrogens with zero attached hydrogens (tertiary/aromatic N) is 1. The Balaban J connectivity index is 1.53. The van der Waals surface area contributed by atoms with Crippen LogP contribution in [0.5, 0.6) is 0 Å². The maximum atomic E-state index is 12.7. The van der Waals surface area contributed by atoms with Gasteiger partial charge in [-0.25, -0.2) is 14.4 Å². The lowest BCUT2D eigenvalue weighted by Crippen LogP contribution is -2.33. The Kier molecular flexibility index (Phi) is 7.39. The van der Waals surface area contributed by atoms with Crippen molar-refractivity contribution in [1.82, 2.24) is 9.55 Å². The monoisotopic (exact) mass is 518 g/mol. The largest absolute Gasteiger partial charge is 0.459 e. The molecule has 0 amide bonds. The van der Waals surface area contributed by atoms with Crippen LogP contribution in [0.3, 0.4) is 0 Å². The number of ether oxygens (including phenoxy) is 3. The van der Waals surface area contributed by atoms with Crippen LogP contribution in [-0.4, -0.2) is 40.3 Å². The lowest BCUT2D eigenvalue weighted by atomic mass is 10.1. The van der Waals surface area contributed by atoms with Gasteiger partial charge in [0.1, 0.15) is 25.0 Å². The smallest absolute Gasteiger partial charge is 0.338 e. The lowest BCUT2D eigenvalue weighted by molar-refractivity contribution is -0.0582. The fourth-order valence-corrected chi connectivity index (χ4v) is 3.82. The van der Waals surface area contributed by atoms with Crippen molar-refractivity contribution < 1.29 is 23.8 Å². The summed E-state index contributed by atoms with van der Waals surface area (Å²) in [4.78, 5) is 51.5. The van der Waals surface area contributed by atoms with E-state index in [9.17, 15) is 19.2 Å². The molecule has 2 aromatic carbocycles. The standard InChI is InChI=1S/C24H20Cl2N2O7/c1-13-11-28(24(32)27-21(13)29)20-10-18(35-23(31)15-4-8-17(26)9-5-15)19(34-20)12-33-22(30)14-2-6-16(25)7-3-14/h2-9,11,18-20H,10,12H2,1H3,(H,27,29,32)/t18-,19+,20-/m0/s1. The number of halogens is 2. The Labute approximate surface area is 209 Å². The zero-order chi connectivity index (χ0) is 25.1. The van der Waals surface area contributed by atoms with Crippen LogP contribution in [0.2, 0.25) is 10.0 Å². The zero-order valence-corrected chi connectivity index (χ0v) is 19.9. The number of esters is 2. The molecular weight excluding hydrogens is 499 g/mol. The minimum Gasteiger partial charge on any atom is -0.459 e. The Bertz CT molecular complexity index is 1350. The first-order valence-electron chi connectivity index (χ1n) is 10.6. The van der Waals surface area contributed by atoms with Crippen LogP contribution in [-0.2, 0) is 14.2 Å². The number of benzene rings is 2. The summed E-state index contributed by atoms with van der Waals surface area (Å²) in [6, 6.07) is 12.3. The van der Waals surface area contributed by atoms with Crippen LogP contribution >= 0.6 is 23.2 Å². The molecule has 0 aliphatic carbocycles. The molecule has 1 saturated heterocycles. The Morgan fingerprint density at radius 1 is 1.00 bits per heavy atom. The average Bonchev–Trinajstić information content (AvgIpc) is 3.22. The van der Waals surface area contributed by atoms with Gasteiger partial charge in [-0.2, -0.15) is 0 Å². The molecular formula is C24H20Cl2N2O7. The number of aromatic nitrogens is 2. The molecule has 0 saturated carbocycles. The van der Waals surface area contributed by atoms with Crippen LogP contribution in [0.15, 0.2) is 64.3 Å². The van der Waals surface area contributed by atoms with Crippen LogP contribution in [0.1, 0.15) is 38.9 Å². The minimum atomic E-state index is -0.869. The number of aryl methyl sites for hydroxylation is 1. The first kappa shape index (κ1) is 24.7. The highest BCUT2D eigenvalue weighted by Gasteiger charge is 2.40. The quantitative estimate of drug-likeness (QED) is 0.496. The van der Waals surface area contributed by atoms with Gasteiger partial charge in [-0.3, -0.25) is 14.3 Å². The molecule has 3 atom stereocenters. The summed E-state index contributed by atoms with van der Waals surface area (Å²) in [5, 5.41) is 0.935. The van der Waals surface area contributed by atoms with Gasteiger partial charge in [-0.15, -0.1) is 0 Å². The molecule has 1 aliphatic heterocycles. The van der Waals surface area contributed by atoms with Crippen LogP contribution in [0, 0.1) is 6.92 Å². The summed E-state index contributed by atoms with van der Waals surface area (Å²) >= 11 is 11.7. The van der Waals surface area contributed by atoms with Gasteiger partial charge in [0, 0.05) is 28.2 Å². The van der Waals surface area contributed by atoms with Gasteiger partial charge >= 0.3 is 17.6 Å².